The summed E-state index contributed by atoms with van der Waals surface area (Å²) in [6, 6.07) is 6.45. The van der Waals surface area contributed by atoms with Crippen molar-refractivity contribution in [2.24, 2.45) is 0 Å². The van der Waals surface area contributed by atoms with E-state index in [1.807, 2.05) is 14.0 Å². The van der Waals surface area contributed by atoms with Crippen molar-refractivity contribution in [3.8, 4) is 11.8 Å². The van der Waals surface area contributed by atoms with Gasteiger partial charge in [-0.05, 0) is 57.0 Å². The van der Waals surface area contributed by atoms with Gasteiger partial charge in [-0.3, -0.25) is 4.90 Å². The van der Waals surface area contributed by atoms with Crippen LogP contribution in [0.4, 0.5) is 0 Å². The van der Waals surface area contributed by atoms with E-state index >= 15 is 0 Å². The van der Waals surface area contributed by atoms with Gasteiger partial charge in [0, 0.05) is 6.54 Å². The lowest BCUT2D eigenvalue weighted by atomic mass is 10.0. The molecule has 0 saturated heterocycles. The van der Waals surface area contributed by atoms with Crippen molar-refractivity contribution in [2.75, 3.05) is 20.7 Å². The normalized spacial score (nSPS) is 12.3. The maximum atomic E-state index is 8.87. The Hall–Kier alpha value is -1.53. The average molecular weight is 246 g/mol. The van der Waals surface area contributed by atoms with Crippen LogP contribution in [0.3, 0.4) is 0 Å². The quantitative estimate of drug-likeness (QED) is 0.801. The van der Waals surface area contributed by atoms with E-state index < -0.39 is 0 Å². The fourth-order valence-corrected chi connectivity index (χ4v) is 1.82. The number of hydrogen-bond acceptors (Lipinski definition) is 3. The van der Waals surface area contributed by atoms with Crippen molar-refractivity contribution < 1.29 is 4.74 Å². The summed E-state index contributed by atoms with van der Waals surface area (Å²) < 4.78 is 5.42. The van der Waals surface area contributed by atoms with Crippen LogP contribution in [0.1, 0.15) is 23.6 Å². The van der Waals surface area contributed by atoms with Gasteiger partial charge in [-0.15, -0.1) is 0 Å². The summed E-state index contributed by atoms with van der Waals surface area (Å²) in [6.45, 7) is 6.97. The Balaban J connectivity index is 2.79. The molecule has 0 aliphatic rings. The zero-order chi connectivity index (χ0) is 13.7. The summed E-state index contributed by atoms with van der Waals surface area (Å²) >= 11 is 0. The molecule has 0 aromatic heterocycles. The molecule has 0 heterocycles. The molecular weight excluding hydrogens is 224 g/mol. The molecule has 3 heteroatoms. The van der Waals surface area contributed by atoms with Crippen molar-refractivity contribution in [2.45, 2.75) is 33.2 Å². The van der Waals surface area contributed by atoms with Crippen LogP contribution < -0.4 is 4.74 Å². The maximum absolute atomic E-state index is 8.87. The summed E-state index contributed by atoms with van der Waals surface area (Å²) in [5.41, 5.74) is 3.73. The number of rotatable bonds is 5. The summed E-state index contributed by atoms with van der Waals surface area (Å²) in [7, 11) is 3.68. The van der Waals surface area contributed by atoms with Crippen LogP contribution >= 0.6 is 0 Å². The standard InChI is InChI=1S/C15H22N2O/c1-11-8-14(15(18-5)9-12(11)2)6-7-17(4)13(3)10-16/h8-9,13H,6-7H2,1-5H3. The summed E-state index contributed by atoms with van der Waals surface area (Å²) in [5, 5.41) is 8.87. The van der Waals surface area contributed by atoms with Crippen LogP contribution in [0, 0.1) is 25.2 Å². The van der Waals surface area contributed by atoms with Gasteiger partial charge in [0.05, 0.1) is 19.2 Å². The predicted octanol–water partition coefficient (Wildman–Crippen LogP) is 2.70. The van der Waals surface area contributed by atoms with Gasteiger partial charge in [0.25, 0.3) is 0 Å². The van der Waals surface area contributed by atoms with Gasteiger partial charge in [-0.2, -0.15) is 5.26 Å². The topological polar surface area (TPSA) is 36.3 Å². The monoisotopic (exact) mass is 246 g/mol. The molecule has 1 aromatic carbocycles. The zero-order valence-electron chi connectivity index (χ0n) is 11.9. The van der Waals surface area contributed by atoms with E-state index in [4.69, 9.17) is 10.00 Å². The molecule has 0 N–H and O–H groups in total. The van der Waals surface area contributed by atoms with E-state index in [9.17, 15) is 0 Å². The number of benzene rings is 1. The number of aryl methyl sites for hydroxylation is 2. The van der Waals surface area contributed by atoms with Crippen molar-refractivity contribution in [3.63, 3.8) is 0 Å². The fraction of sp³-hybridized carbons (Fsp3) is 0.533. The SMILES string of the molecule is COc1cc(C)c(C)cc1CCN(C)C(C)C#N. The molecule has 1 aromatic rings. The van der Waals surface area contributed by atoms with Gasteiger partial charge in [0.1, 0.15) is 5.75 Å². The molecule has 98 valence electrons. The van der Waals surface area contributed by atoms with Crippen LogP contribution in [0.25, 0.3) is 0 Å². The van der Waals surface area contributed by atoms with Crippen LogP contribution in [0.2, 0.25) is 0 Å². The Morgan fingerprint density at radius 3 is 2.50 bits per heavy atom. The third-order valence-electron chi connectivity index (χ3n) is 3.48. The summed E-state index contributed by atoms with van der Waals surface area (Å²) in [5.74, 6) is 0.941. The third kappa shape index (κ3) is 3.48. The van der Waals surface area contributed by atoms with E-state index in [0.29, 0.717) is 0 Å². The first-order valence-electron chi connectivity index (χ1n) is 6.23. The summed E-state index contributed by atoms with van der Waals surface area (Å²) in [6.07, 6.45) is 0.896. The van der Waals surface area contributed by atoms with Gasteiger partial charge in [0.15, 0.2) is 0 Å². The first-order chi connectivity index (χ1) is 8.49. The highest BCUT2D eigenvalue weighted by Crippen LogP contribution is 2.23. The smallest absolute Gasteiger partial charge is 0.122 e. The lowest BCUT2D eigenvalue weighted by Crippen LogP contribution is -2.29. The number of hydrogen-bond donors (Lipinski definition) is 0. The molecule has 1 rings (SSSR count). The molecule has 0 aliphatic carbocycles. The maximum Gasteiger partial charge on any atom is 0.122 e. The Morgan fingerprint density at radius 1 is 1.33 bits per heavy atom. The highest BCUT2D eigenvalue weighted by Gasteiger charge is 2.10. The van der Waals surface area contributed by atoms with Crippen molar-refractivity contribution in [1.29, 1.82) is 5.26 Å². The lowest BCUT2D eigenvalue weighted by Gasteiger charge is -2.20. The number of nitriles is 1. The minimum absolute atomic E-state index is 0.0532. The van der Waals surface area contributed by atoms with Crippen molar-refractivity contribution in [3.05, 3.63) is 28.8 Å². The molecule has 0 bridgehead atoms. The van der Waals surface area contributed by atoms with E-state index in [2.05, 4.69) is 36.9 Å². The van der Waals surface area contributed by atoms with Crippen molar-refractivity contribution in [1.82, 2.24) is 4.90 Å². The molecule has 3 nitrogen and oxygen atoms in total. The van der Waals surface area contributed by atoms with Crippen LogP contribution in [0.5, 0.6) is 5.75 Å². The van der Waals surface area contributed by atoms with Crippen LogP contribution in [0.15, 0.2) is 12.1 Å². The molecular formula is C15H22N2O. The molecule has 0 amide bonds. The number of likely N-dealkylation sites (N-methyl/N-ethyl adjacent to an activating group) is 1. The molecule has 1 atom stereocenters. The second-order valence-corrected chi connectivity index (χ2v) is 4.78. The number of ether oxygens (including phenoxy) is 1. The van der Waals surface area contributed by atoms with Crippen LogP contribution in [-0.4, -0.2) is 31.6 Å². The first kappa shape index (κ1) is 14.5. The van der Waals surface area contributed by atoms with E-state index in [0.717, 1.165) is 18.7 Å². The van der Waals surface area contributed by atoms with Gasteiger partial charge < -0.3 is 4.74 Å². The largest absolute Gasteiger partial charge is 0.496 e. The second-order valence-electron chi connectivity index (χ2n) is 4.78. The highest BCUT2D eigenvalue weighted by atomic mass is 16.5. The van der Waals surface area contributed by atoms with Crippen molar-refractivity contribution >= 4 is 0 Å². The fourth-order valence-electron chi connectivity index (χ4n) is 1.82. The van der Waals surface area contributed by atoms with Gasteiger partial charge in [0.2, 0.25) is 0 Å². The Kier molecular flexibility index (Phi) is 5.18. The molecule has 18 heavy (non-hydrogen) atoms. The van der Waals surface area contributed by atoms with E-state index in [1.54, 1.807) is 7.11 Å². The predicted molar refractivity (Wildman–Crippen MR) is 73.9 cm³/mol. The minimum atomic E-state index is -0.0532. The van der Waals surface area contributed by atoms with Crippen LogP contribution in [-0.2, 0) is 6.42 Å². The average Bonchev–Trinajstić information content (AvgIpc) is 2.38. The second kappa shape index (κ2) is 6.42. The first-order valence-corrected chi connectivity index (χ1v) is 6.23. The Labute approximate surface area is 110 Å². The molecule has 0 saturated carbocycles. The Morgan fingerprint density at radius 2 is 1.94 bits per heavy atom. The van der Waals surface area contributed by atoms with Gasteiger partial charge in [-0.1, -0.05) is 6.07 Å². The molecule has 0 radical (unpaired) electrons. The molecule has 0 aliphatic heterocycles. The zero-order valence-corrected chi connectivity index (χ0v) is 11.9. The Bertz CT molecular complexity index is 449. The number of nitrogens with zero attached hydrogens (tertiary/aromatic N) is 2. The number of methoxy groups -OCH3 is 1. The molecule has 0 spiro atoms. The third-order valence-corrected chi connectivity index (χ3v) is 3.48. The van der Waals surface area contributed by atoms with E-state index in [1.165, 1.54) is 16.7 Å². The van der Waals surface area contributed by atoms with Gasteiger partial charge >= 0.3 is 0 Å². The minimum Gasteiger partial charge on any atom is -0.496 e. The summed E-state index contributed by atoms with van der Waals surface area (Å²) in [4.78, 5) is 2.05. The van der Waals surface area contributed by atoms with E-state index in [-0.39, 0.29) is 6.04 Å². The molecule has 0 fully saturated rings. The van der Waals surface area contributed by atoms with Gasteiger partial charge in [-0.25, -0.2) is 0 Å². The highest BCUT2D eigenvalue weighted by molar-refractivity contribution is 5.41. The lowest BCUT2D eigenvalue weighted by molar-refractivity contribution is 0.304. The molecule has 1 unspecified atom stereocenters.